The van der Waals surface area contributed by atoms with Crippen LogP contribution in [0.5, 0.6) is 5.75 Å². The highest BCUT2D eigenvalue weighted by molar-refractivity contribution is 6.12. The number of rotatable bonds is 5. The van der Waals surface area contributed by atoms with Crippen LogP contribution < -0.4 is 4.74 Å². The van der Waals surface area contributed by atoms with E-state index in [1.54, 1.807) is 30.3 Å². The quantitative estimate of drug-likeness (QED) is 0.195. The van der Waals surface area contributed by atoms with Gasteiger partial charge in [-0.05, 0) is 48.9 Å². The van der Waals surface area contributed by atoms with Gasteiger partial charge in [0, 0.05) is 17.7 Å². The van der Waals surface area contributed by atoms with E-state index >= 15 is 0 Å². The second-order valence-electron chi connectivity index (χ2n) is 6.97. The highest BCUT2D eigenvalue weighted by atomic mass is 16.6. The van der Waals surface area contributed by atoms with Crippen LogP contribution in [0, 0.1) is 17.0 Å². The fourth-order valence-corrected chi connectivity index (χ4v) is 2.93. The maximum Gasteiger partial charge on any atom is 0.363 e. The summed E-state index contributed by atoms with van der Waals surface area (Å²) in [6.07, 6.45) is 1.57. The summed E-state index contributed by atoms with van der Waals surface area (Å²) in [6.45, 7) is 1.96. The Balaban J connectivity index is 1.48. The number of esters is 2. The molecule has 1 heterocycles. The molecular formula is C24H16N2O6. The first-order valence-electron chi connectivity index (χ1n) is 9.55. The molecule has 3 aromatic rings. The van der Waals surface area contributed by atoms with Gasteiger partial charge >= 0.3 is 11.9 Å². The van der Waals surface area contributed by atoms with Gasteiger partial charge < -0.3 is 9.47 Å². The van der Waals surface area contributed by atoms with Crippen LogP contribution in [0.25, 0.3) is 6.08 Å². The molecule has 0 spiro atoms. The van der Waals surface area contributed by atoms with Crippen molar-refractivity contribution < 1.29 is 24.0 Å². The molecule has 8 heteroatoms. The Morgan fingerprint density at radius 3 is 2.47 bits per heavy atom. The third-order valence-corrected chi connectivity index (χ3v) is 4.61. The van der Waals surface area contributed by atoms with E-state index in [2.05, 4.69) is 4.99 Å². The molecule has 0 unspecified atom stereocenters. The Bertz CT molecular complexity index is 1270. The van der Waals surface area contributed by atoms with Gasteiger partial charge in [0.25, 0.3) is 5.69 Å². The number of nitro groups is 1. The summed E-state index contributed by atoms with van der Waals surface area (Å²) in [5.41, 5.74) is 2.46. The van der Waals surface area contributed by atoms with E-state index in [-0.39, 0.29) is 28.6 Å². The van der Waals surface area contributed by atoms with E-state index in [4.69, 9.17) is 9.47 Å². The summed E-state index contributed by atoms with van der Waals surface area (Å²) in [5.74, 6) is -0.779. The molecule has 0 bridgehead atoms. The van der Waals surface area contributed by atoms with Crippen molar-refractivity contribution in [3.63, 3.8) is 0 Å². The second kappa shape index (κ2) is 8.65. The summed E-state index contributed by atoms with van der Waals surface area (Å²) in [7, 11) is 0. The van der Waals surface area contributed by atoms with Gasteiger partial charge in [0.05, 0.1) is 10.5 Å². The Kier molecular flexibility index (Phi) is 5.59. The largest absolute Gasteiger partial charge is 0.423 e. The summed E-state index contributed by atoms with van der Waals surface area (Å²) < 4.78 is 10.5. The van der Waals surface area contributed by atoms with E-state index < -0.39 is 16.9 Å². The number of non-ortho nitro benzene ring substituents is 1. The topological polar surface area (TPSA) is 108 Å². The molecule has 0 saturated carbocycles. The Labute approximate surface area is 182 Å². The van der Waals surface area contributed by atoms with Gasteiger partial charge in [-0.25, -0.2) is 14.6 Å². The van der Waals surface area contributed by atoms with Crippen molar-refractivity contribution in [2.45, 2.75) is 6.92 Å². The molecule has 1 aliphatic rings. The van der Waals surface area contributed by atoms with Gasteiger partial charge in [0.1, 0.15) is 5.75 Å². The van der Waals surface area contributed by atoms with Crippen LogP contribution in [0.1, 0.15) is 27.0 Å². The van der Waals surface area contributed by atoms with E-state index in [1.165, 1.54) is 18.2 Å². The van der Waals surface area contributed by atoms with Crippen LogP contribution in [-0.2, 0) is 9.53 Å². The second-order valence-corrected chi connectivity index (χ2v) is 6.97. The number of nitro benzene ring substituents is 1. The SMILES string of the molecule is Cc1ccc(C2=NC(=Cc3ccc(OC(=O)c4cccc([N+](=O)[O-])c4)cc3)C(=O)O2)cc1. The number of hydrogen-bond acceptors (Lipinski definition) is 7. The van der Waals surface area contributed by atoms with E-state index in [0.717, 1.165) is 11.6 Å². The summed E-state index contributed by atoms with van der Waals surface area (Å²) in [6, 6.07) is 19.1. The minimum absolute atomic E-state index is 0.0667. The molecule has 32 heavy (non-hydrogen) atoms. The standard InChI is InChI=1S/C24H16N2O6/c1-15-5-9-17(10-6-15)22-25-21(24(28)32-22)13-16-7-11-20(12-8-16)31-23(27)18-3-2-4-19(14-18)26(29)30/h2-14H,1H3. The number of carbonyl (C=O) groups excluding carboxylic acids is 2. The third-order valence-electron chi connectivity index (χ3n) is 4.61. The van der Waals surface area contributed by atoms with Gasteiger partial charge in [0.2, 0.25) is 5.90 Å². The Morgan fingerprint density at radius 2 is 1.78 bits per heavy atom. The van der Waals surface area contributed by atoms with E-state index in [9.17, 15) is 19.7 Å². The fraction of sp³-hybridized carbons (Fsp3) is 0.0417. The number of hydrogen-bond donors (Lipinski definition) is 0. The van der Waals surface area contributed by atoms with Crippen molar-refractivity contribution in [1.82, 2.24) is 0 Å². The molecule has 0 aromatic heterocycles. The predicted octanol–water partition coefficient (Wildman–Crippen LogP) is 4.47. The highest BCUT2D eigenvalue weighted by Gasteiger charge is 2.24. The summed E-state index contributed by atoms with van der Waals surface area (Å²) >= 11 is 0. The van der Waals surface area contributed by atoms with Crippen LogP contribution in [0.15, 0.2) is 83.5 Å². The lowest BCUT2D eigenvalue weighted by atomic mass is 10.1. The molecule has 0 fully saturated rings. The van der Waals surface area contributed by atoms with Gasteiger partial charge in [-0.1, -0.05) is 35.9 Å². The smallest absolute Gasteiger partial charge is 0.363 e. The lowest BCUT2D eigenvalue weighted by Gasteiger charge is -2.04. The van der Waals surface area contributed by atoms with Crippen LogP contribution >= 0.6 is 0 Å². The summed E-state index contributed by atoms with van der Waals surface area (Å²) in [4.78, 5) is 38.9. The average Bonchev–Trinajstić information content (AvgIpc) is 3.15. The lowest BCUT2D eigenvalue weighted by Crippen LogP contribution is -2.08. The zero-order chi connectivity index (χ0) is 22.7. The molecular weight excluding hydrogens is 412 g/mol. The molecule has 158 valence electrons. The number of cyclic esters (lactones) is 1. The average molecular weight is 428 g/mol. The van der Waals surface area contributed by atoms with Crippen LogP contribution in [0.2, 0.25) is 0 Å². The number of aliphatic imine (C=N–C) groups is 1. The minimum atomic E-state index is -0.716. The van der Waals surface area contributed by atoms with Crippen LogP contribution in [-0.4, -0.2) is 22.8 Å². The summed E-state index contributed by atoms with van der Waals surface area (Å²) in [5, 5.41) is 10.9. The van der Waals surface area contributed by atoms with Crippen molar-refractivity contribution >= 4 is 29.6 Å². The zero-order valence-electron chi connectivity index (χ0n) is 16.8. The predicted molar refractivity (Wildman–Crippen MR) is 116 cm³/mol. The molecule has 0 N–H and O–H groups in total. The Morgan fingerprint density at radius 1 is 1.06 bits per heavy atom. The lowest BCUT2D eigenvalue weighted by molar-refractivity contribution is -0.384. The molecule has 3 aromatic carbocycles. The van der Waals surface area contributed by atoms with Crippen molar-refractivity contribution in [3.05, 3.63) is 111 Å². The fourth-order valence-electron chi connectivity index (χ4n) is 2.93. The first kappa shape index (κ1) is 20.7. The molecule has 8 nitrogen and oxygen atoms in total. The molecule has 0 radical (unpaired) electrons. The van der Waals surface area contributed by atoms with Crippen molar-refractivity contribution in [1.29, 1.82) is 0 Å². The Hall–Kier alpha value is -4.59. The van der Waals surface area contributed by atoms with Crippen molar-refractivity contribution in [2.75, 3.05) is 0 Å². The maximum atomic E-state index is 12.3. The van der Waals surface area contributed by atoms with Crippen LogP contribution in [0.3, 0.4) is 0 Å². The van der Waals surface area contributed by atoms with Gasteiger partial charge in [-0.2, -0.15) is 0 Å². The molecule has 0 atom stereocenters. The number of nitrogens with zero attached hydrogens (tertiary/aromatic N) is 2. The number of benzene rings is 3. The first-order chi connectivity index (χ1) is 15.4. The number of aryl methyl sites for hydroxylation is 1. The third kappa shape index (κ3) is 4.59. The molecule has 4 rings (SSSR count). The van der Waals surface area contributed by atoms with E-state index in [1.807, 2.05) is 31.2 Å². The first-order valence-corrected chi connectivity index (χ1v) is 9.55. The normalized spacial score (nSPS) is 14.1. The minimum Gasteiger partial charge on any atom is -0.423 e. The molecule has 0 aliphatic carbocycles. The maximum absolute atomic E-state index is 12.3. The monoisotopic (exact) mass is 428 g/mol. The molecule has 0 amide bonds. The zero-order valence-corrected chi connectivity index (χ0v) is 16.8. The van der Waals surface area contributed by atoms with Crippen molar-refractivity contribution in [2.24, 2.45) is 4.99 Å². The number of ether oxygens (including phenoxy) is 2. The van der Waals surface area contributed by atoms with Gasteiger partial charge in [-0.3, -0.25) is 10.1 Å². The van der Waals surface area contributed by atoms with Gasteiger partial charge in [0.15, 0.2) is 5.70 Å². The van der Waals surface area contributed by atoms with Crippen LogP contribution in [0.4, 0.5) is 5.69 Å². The molecule has 0 saturated heterocycles. The van der Waals surface area contributed by atoms with E-state index in [0.29, 0.717) is 11.1 Å². The molecule has 1 aliphatic heterocycles. The highest BCUT2D eigenvalue weighted by Crippen LogP contribution is 2.22. The van der Waals surface area contributed by atoms with Gasteiger partial charge in [-0.15, -0.1) is 0 Å². The number of carbonyl (C=O) groups is 2. The van der Waals surface area contributed by atoms with Crippen molar-refractivity contribution in [3.8, 4) is 5.75 Å².